The minimum absolute atomic E-state index is 0.315. The Morgan fingerprint density at radius 2 is 1.36 bits per heavy atom. The molecule has 0 bridgehead atoms. The predicted molar refractivity (Wildman–Crippen MR) is 56.1 cm³/mol. The maximum atomic E-state index is 9.53. The van der Waals surface area contributed by atoms with Gasteiger partial charge in [0.1, 0.15) is 6.10 Å². The van der Waals surface area contributed by atoms with Crippen molar-refractivity contribution in [1.29, 1.82) is 0 Å². The molecule has 0 spiro atoms. The van der Waals surface area contributed by atoms with E-state index in [9.17, 15) is 10.2 Å². The average molecular weight is 205 g/mol. The third-order valence-corrected chi connectivity index (χ3v) is 2.36. The van der Waals surface area contributed by atoms with E-state index in [4.69, 9.17) is 5.11 Å². The Bertz CT molecular complexity index is 142. The van der Waals surface area contributed by atoms with Crippen LogP contribution in [0.5, 0.6) is 0 Å². The van der Waals surface area contributed by atoms with Crippen LogP contribution in [0.4, 0.5) is 0 Å². The van der Waals surface area contributed by atoms with Crippen molar-refractivity contribution >= 4 is 0 Å². The van der Waals surface area contributed by atoms with Gasteiger partial charge in [0, 0.05) is 18.6 Å². The van der Waals surface area contributed by atoms with Crippen molar-refractivity contribution in [1.82, 2.24) is 4.90 Å². The molecule has 0 saturated heterocycles. The van der Waals surface area contributed by atoms with Crippen molar-refractivity contribution in [3.63, 3.8) is 0 Å². The summed E-state index contributed by atoms with van der Waals surface area (Å²) in [5, 5.41) is 27.4. The van der Waals surface area contributed by atoms with Crippen molar-refractivity contribution < 1.29 is 15.3 Å². The van der Waals surface area contributed by atoms with Crippen molar-refractivity contribution in [3.8, 4) is 0 Å². The number of aliphatic hydroxyl groups is 3. The van der Waals surface area contributed by atoms with Gasteiger partial charge in [0.05, 0.1) is 12.7 Å². The summed E-state index contributed by atoms with van der Waals surface area (Å²) in [6, 6.07) is 0.631. The summed E-state index contributed by atoms with van der Waals surface area (Å²) in [5.74, 6) is 0. The molecule has 0 aliphatic rings. The zero-order valence-electron chi connectivity index (χ0n) is 9.51. The van der Waals surface area contributed by atoms with Crippen LogP contribution in [0.2, 0.25) is 0 Å². The fourth-order valence-electron chi connectivity index (χ4n) is 1.48. The lowest BCUT2D eigenvalue weighted by Gasteiger charge is -2.33. The molecule has 86 valence electrons. The standard InChI is InChI=1S/C10H23NO3/c1-7(2)11(8(3)4)5-9(13)10(14)6-12/h7-10,12-14H,5-6H2,1-4H3/t9-,10+/m1/s1. The van der Waals surface area contributed by atoms with Crippen LogP contribution >= 0.6 is 0 Å². The molecule has 0 fully saturated rings. The van der Waals surface area contributed by atoms with Crippen LogP contribution < -0.4 is 0 Å². The second-order valence-electron chi connectivity index (χ2n) is 4.20. The van der Waals surface area contributed by atoms with E-state index in [1.807, 2.05) is 27.7 Å². The van der Waals surface area contributed by atoms with Crippen molar-refractivity contribution in [2.45, 2.75) is 52.0 Å². The average Bonchev–Trinajstić information content (AvgIpc) is 2.11. The molecule has 0 amide bonds. The Kier molecular flexibility index (Phi) is 6.27. The summed E-state index contributed by atoms with van der Waals surface area (Å²) in [4.78, 5) is 2.07. The van der Waals surface area contributed by atoms with E-state index < -0.39 is 18.8 Å². The SMILES string of the molecule is CC(C)N(C[C@@H](O)[C@@H](O)CO)C(C)C. The van der Waals surface area contributed by atoms with Gasteiger partial charge in [-0.2, -0.15) is 0 Å². The Morgan fingerprint density at radius 3 is 1.64 bits per heavy atom. The number of nitrogens with zero attached hydrogens (tertiary/aromatic N) is 1. The summed E-state index contributed by atoms with van der Waals surface area (Å²) >= 11 is 0. The molecule has 0 radical (unpaired) electrons. The van der Waals surface area contributed by atoms with Crippen LogP contribution in [0.1, 0.15) is 27.7 Å². The molecule has 0 heterocycles. The van der Waals surface area contributed by atoms with Gasteiger partial charge in [-0.25, -0.2) is 0 Å². The summed E-state index contributed by atoms with van der Waals surface area (Å²) in [5.41, 5.74) is 0. The number of hydrogen-bond donors (Lipinski definition) is 3. The Morgan fingerprint density at radius 1 is 0.929 bits per heavy atom. The molecule has 14 heavy (non-hydrogen) atoms. The lowest BCUT2D eigenvalue weighted by Crippen LogP contribution is -2.46. The van der Waals surface area contributed by atoms with E-state index in [0.717, 1.165) is 0 Å². The van der Waals surface area contributed by atoms with Crippen LogP contribution in [-0.2, 0) is 0 Å². The molecule has 0 aliphatic heterocycles. The first kappa shape index (κ1) is 13.8. The minimum atomic E-state index is -1.05. The molecule has 4 nitrogen and oxygen atoms in total. The molecule has 2 atom stereocenters. The van der Waals surface area contributed by atoms with Gasteiger partial charge in [-0.05, 0) is 27.7 Å². The highest BCUT2D eigenvalue weighted by Gasteiger charge is 2.22. The van der Waals surface area contributed by atoms with Crippen LogP contribution in [0.3, 0.4) is 0 Å². The first-order valence-corrected chi connectivity index (χ1v) is 5.12. The van der Waals surface area contributed by atoms with E-state index >= 15 is 0 Å². The Hall–Kier alpha value is -0.160. The van der Waals surface area contributed by atoms with Gasteiger partial charge < -0.3 is 15.3 Å². The van der Waals surface area contributed by atoms with E-state index in [1.54, 1.807) is 0 Å². The molecule has 0 unspecified atom stereocenters. The topological polar surface area (TPSA) is 63.9 Å². The summed E-state index contributed by atoms with van der Waals surface area (Å²) in [7, 11) is 0. The van der Waals surface area contributed by atoms with Gasteiger partial charge in [0.25, 0.3) is 0 Å². The normalized spacial score (nSPS) is 16.7. The summed E-state index contributed by atoms with van der Waals surface area (Å²) in [6.45, 7) is 8.15. The molecule has 3 N–H and O–H groups in total. The van der Waals surface area contributed by atoms with Gasteiger partial charge >= 0.3 is 0 Å². The third-order valence-electron chi connectivity index (χ3n) is 2.36. The first-order valence-electron chi connectivity index (χ1n) is 5.12. The van der Waals surface area contributed by atoms with Gasteiger partial charge in [-0.1, -0.05) is 0 Å². The fraction of sp³-hybridized carbons (Fsp3) is 1.00. The largest absolute Gasteiger partial charge is 0.394 e. The molecule has 0 aromatic carbocycles. The maximum Gasteiger partial charge on any atom is 0.104 e. The minimum Gasteiger partial charge on any atom is -0.394 e. The summed E-state index contributed by atoms with van der Waals surface area (Å²) < 4.78 is 0. The first-order chi connectivity index (χ1) is 6.40. The monoisotopic (exact) mass is 205 g/mol. The fourth-order valence-corrected chi connectivity index (χ4v) is 1.48. The Labute approximate surface area is 86.2 Å². The summed E-state index contributed by atoms with van der Waals surface area (Å²) in [6.07, 6.45) is -1.93. The molecular weight excluding hydrogens is 182 g/mol. The number of aliphatic hydroxyl groups excluding tert-OH is 3. The highest BCUT2D eigenvalue weighted by molar-refractivity contribution is 4.75. The predicted octanol–water partition coefficient (Wildman–Crippen LogP) is -0.181. The molecule has 4 heteroatoms. The highest BCUT2D eigenvalue weighted by Crippen LogP contribution is 2.07. The van der Waals surface area contributed by atoms with Crippen LogP contribution in [0.25, 0.3) is 0 Å². The van der Waals surface area contributed by atoms with Crippen LogP contribution in [0.15, 0.2) is 0 Å². The molecule has 0 saturated carbocycles. The second kappa shape index (κ2) is 6.35. The zero-order valence-corrected chi connectivity index (χ0v) is 9.51. The van der Waals surface area contributed by atoms with Crippen molar-refractivity contribution in [3.05, 3.63) is 0 Å². The molecule has 0 aromatic heterocycles. The molecule has 0 aliphatic carbocycles. The van der Waals surface area contributed by atoms with E-state index in [2.05, 4.69) is 4.90 Å². The van der Waals surface area contributed by atoms with Gasteiger partial charge in [-0.15, -0.1) is 0 Å². The maximum absolute atomic E-state index is 9.53. The number of rotatable bonds is 6. The van der Waals surface area contributed by atoms with Crippen molar-refractivity contribution in [2.24, 2.45) is 0 Å². The lowest BCUT2D eigenvalue weighted by molar-refractivity contribution is -0.0381. The number of hydrogen-bond acceptors (Lipinski definition) is 4. The molecule has 0 aromatic rings. The van der Waals surface area contributed by atoms with E-state index in [1.165, 1.54) is 0 Å². The quantitative estimate of drug-likeness (QED) is 0.563. The third kappa shape index (κ3) is 4.37. The van der Waals surface area contributed by atoms with Crippen molar-refractivity contribution in [2.75, 3.05) is 13.2 Å². The van der Waals surface area contributed by atoms with Gasteiger partial charge in [0.2, 0.25) is 0 Å². The van der Waals surface area contributed by atoms with E-state index in [-0.39, 0.29) is 0 Å². The van der Waals surface area contributed by atoms with Crippen LogP contribution in [-0.4, -0.2) is 57.7 Å². The highest BCUT2D eigenvalue weighted by atomic mass is 16.4. The zero-order chi connectivity index (χ0) is 11.3. The van der Waals surface area contributed by atoms with E-state index in [0.29, 0.717) is 18.6 Å². The Balaban J connectivity index is 4.16. The lowest BCUT2D eigenvalue weighted by atomic mass is 10.1. The van der Waals surface area contributed by atoms with Gasteiger partial charge in [0.15, 0.2) is 0 Å². The smallest absolute Gasteiger partial charge is 0.104 e. The molecule has 0 rings (SSSR count). The van der Waals surface area contributed by atoms with Crippen LogP contribution in [0, 0.1) is 0 Å². The van der Waals surface area contributed by atoms with Gasteiger partial charge in [-0.3, -0.25) is 4.90 Å². The molecular formula is C10H23NO3. The second-order valence-corrected chi connectivity index (χ2v) is 4.20.